The first kappa shape index (κ1) is 12.9. The number of hydrogen-bond acceptors (Lipinski definition) is 2. The van der Waals surface area contributed by atoms with E-state index in [0.29, 0.717) is 6.42 Å². The highest BCUT2D eigenvalue weighted by Crippen LogP contribution is 2.05. The fraction of sp³-hybridized carbons (Fsp3) is 0.500. The molecule has 0 aromatic heterocycles. The predicted octanol–water partition coefficient (Wildman–Crippen LogP) is 2.88. The fourth-order valence-electron chi connectivity index (χ4n) is 1.74. The third-order valence-corrected chi connectivity index (χ3v) is 2.57. The first-order chi connectivity index (χ1) is 7.72. The van der Waals surface area contributed by atoms with E-state index in [1.165, 1.54) is 5.56 Å². The van der Waals surface area contributed by atoms with Crippen molar-refractivity contribution in [2.75, 3.05) is 13.1 Å². The number of rotatable bonds is 7. The minimum absolute atomic E-state index is 0.272. The van der Waals surface area contributed by atoms with Crippen molar-refractivity contribution in [1.29, 1.82) is 0 Å². The Morgan fingerprint density at radius 3 is 2.44 bits per heavy atom. The largest absolute Gasteiger partial charge is 0.300 e. The maximum Gasteiger partial charge on any atom is 0.131 e. The van der Waals surface area contributed by atoms with Gasteiger partial charge in [0.2, 0.25) is 0 Å². The van der Waals surface area contributed by atoms with Crippen molar-refractivity contribution in [3.8, 4) is 0 Å². The Morgan fingerprint density at radius 1 is 1.19 bits per heavy atom. The molecule has 0 aliphatic heterocycles. The molecule has 0 aliphatic rings. The zero-order valence-corrected chi connectivity index (χ0v) is 10.3. The standard InChI is InChI=1S/C14H21NO/c1-3-10-15(11-9-13(2)16)12-14-7-5-4-6-8-14/h4-8H,3,9-12H2,1-2H3. The van der Waals surface area contributed by atoms with E-state index in [-0.39, 0.29) is 5.78 Å². The number of benzene rings is 1. The van der Waals surface area contributed by atoms with Gasteiger partial charge in [-0.3, -0.25) is 9.69 Å². The molecule has 2 heteroatoms. The number of carbonyl (C=O) groups is 1. The van der Waals surface area contributed by atoms with E-state index in [0.717, 1.165) is 26.1 Å². The molecule has 1 aromatic rings. The van der Waals surface area contributed by atoms with Crippen molar-refractivity contribution >= 4 is 5.78 Å². The smallest absolute Gasteiger partial charge is 0.131 e. The average molecular weight is 219 g/mol. The number of ketones is 1. The summed E-state index contributed by atoms with van der Waals surface area (Å²) in [5, 5.41) is 0. The summed E-state index contributed by atoms with van der Waals surface area (Å²) in [6.07, 6.45) is 1.79. The molecule has 0 spiro atoms. The summed E-state index contributed by atoms with van der Waals surface area (Å²) >= 11 is 0. The molecule has 2 nitrogen and oxygen atoms in total. The van der Waals surface area contributed by atoms with Gasteiger partial charge in [0, 0.05) is 19.5 Å². The molecular formula is C14H21NO. The summed E-state index contributed by atoms with van der Waals surface area (Å²) in [7, 11) is 0. The van der Waals surface area contributed by atoms with E-state index < -0.39 is 0 Å². The van der Waals surface area contributed by atoms with E-state index in [1.807, 2.05) is 6.07 Å². The molecule has 1 aromatic carbocycles. The minimum Gasteiger partial charge on any atom is -0.300 e. The second-order valence-electron chi connectivity index (χ2n) is 4.21. The highest BCUT2D eigenvalue weighted by atomic mass is 16.1. The first-order valence-corrected chi connectivity index (χ1v) is 5.98. The maximum absolute atomic E-state index is 11.0. The van der Waals surface area contributed by atoms with Crippen molar-refractivity contribution in [1.82, 2.24) is 4.90 Å². The molecular weight excluding hydrogens is 198 g/mol. The van der Waals surface area contributed by atoms with Crippen LogP contribution in [0, 0.1) is 0 Å². The van der Waals surface area contributed by atoms with Crippen LogP contribution in [0.15, 0.2) is 30.3 Å². The lowest BCUT2D eigenvalue weighted by molar-refractivity contribution is -0.117. The monoisotopic (exact) mass is 219 g/mol. The van der Waals surface area contributed by atoms with E-state index in [4.69, 9.17) is 0 Å². The van der Waals surface area contributed by atoms with Gasteiger partial charge < -0.3 is 0 Å². The third kappa shape index (κ3) is 5.08. The van der Waals surface area contributed by atoms with Crippen LogP contribution in [0.1, 0.15) is 32.3 Å². The highest BCUT2D eigenvalue weighted by Gasteiger charge is 2.05. The minimum atomic E-state index is 0.272. The molecule has 0 fully saturated rings. The maximum atomic E-state index is 11.0. The number of carbonyl (C=O) groups excluding carboxylic acids is 1. The molecule has 0 saturated carbocycles. The van der Waals surface area contributed by atoms with Crippen LogP contribution in [0.25, 0.3) is 0 Å². The van der Waals surface area contributed by atoms with Crippen LogP contribution in [0.4, 0.5) is 0 Å². The zero-order valence-electron chi connectivity index (χ0n) is 10.3. The van der Waals surface area contributed by atoms with Gasteiger partial charge in [0.15, 0.2) is 0 Å². The van der Waals surface area contributed by atoms with Crippen LogP contribution in [-0.2, 0) is 11.3 Å². The van der Waals surface area contributed by atoms with Gasteiger partial charge in [-0.25, -0.2) is 0 Å². The van der Waals surface area contributed by atoms with Gasteiger partial charge in [0.1, 0.15) is 5.78 Å². The Hall–Kier alpha value is -1.15. The molecule has 0 amide bonds. The van der Waals surface area contributed by atoms with E-state index in [9.17, 15) is 4.79 Å². The van der Waals surface area contributed by atoms with Crippen LogP contribution < -0.4 is 0 Å². The molecule has 0 radical (unpaired) electrons. The predicted molar refractivity (Wildman–Crippen MR) is 67.3 cm³/mol. The van der Waals surface area contributed by atoms with Crippen molar-refractivity contribution in [2.24, 2.45) is 0 Å². The van der Waals surface area contributed by atoms with E-state index >= 15 is 0 Å². The highest BCUT2D eigenvalue weighted by molar-refractivity contribution is 5.75. The van der Waals surface area contributed by atoms with Crippen LogP contribution in [0.3, 0.4) is 0 Å². The Balaban J connectivity index is 2.47. The van der Waals surface area contributed by atoms with Gasteiger partial charge in [-0.15, -0.1) is 0 Å². The van der Waals surface area contributed by atoms with Crippen molar-refractivity contribution in [2.45, 2.75) is 33.2 Å². The lowest BCUT2D eigenvalue weighted by atomic mass is 10.2. The molecule has 16 heavy (non-hydrogen) atoms. The number of nitrogens with zero attached hydrogens (tertiary/aromatic N) is 1. The Kier molecular flexibility index (Phi) is 5.79. The van der Waals surface area contributed by atoms with Crippen LogP contribution in [0.5, 0.6) is 0 Å². The summed E-state index contributed by atoms with van der Waals surface area (Å²) in [4.78, 5) is 13.3. The van der Waals surface area contributed by atoms with Gasteiger partial charge in [-0.2, -0.15) is 0 Å². The lowest BCUT2D eigenvalue weighted by Crippen LogP contribution is -2.26. The molecule has 0 atom stereocenters. The molecule has 0 bridgehead atoms. The lowest BCUT2D eigenvalue weighted by Gasteiger charge is -2.21. The van der Waals surface area contributed by atoms with E-state index in [1.54, 1.807) is 6.92 Å². The van der Waals surface area contributed by atoms with Gasteiger partial charge in [0.05, 0.1) is 0 Å². The van der Waals surface area contributed by atoms with Crippen LogP contribution >= 0.6 is 0 Å². The fourth-order valence-corrected chi connectivity index (χ4v) is 1.74. The first-order valence-electron chi connectivity index (χ1n) is 5.98. The molecule has 0 heterocycles. The molecule has 0 aliphatic carbocycles. The Labute approximate surface area is 98.3 Å². The summed E-state index contributed by atoms with van der Waals surface area (Å²) in [5.41, 5.74) is 1.32. The van der Waals surface area contributed by atoms with Crippen molar-refractivity contribution in [3.63, 3.8) is 0 Å². The molecule has 0 unspecified atom stereocenters. The third-order valence-electron chi connectivity index (χ3n) is 2.57. The van der Waals surface area contributed by atoms with Crippen LogP contribution in [-0.4, -0.2) is 23.8 Å². The van der Waals surface area contributed by atoms with Crippen LogP contribution in [0.2, 0.25) is 0 Å². The molecule has 1 rings (SSSR count). The molecule has 0 saturated heterocycles. The second kappa shape index (κ2) is 7.18. The SMILES string of the molecule is CCCN(CCC(C)=O)Cc1ccccc1. The molecule has 0 N–H and O–H groups in total. The van der Waals surface area contributed by atoms with Gasteiger partial charge in [0.25, 0.3) is 0 Å². The quantitative estimate of drug-likeness (QED) is 0.703. The summed E-state index contributed by atoms with van der Waals surface area (Å²) in [6, 6.07) is 10.4. The normalized spacial score (nSPS) is 10.7. The number of hydrogen-bond donors (Lipinski definition) is 0. The Bertz CT molecular complexity index is 308. The topological polar surface area (TPSA) is 20.3 Å². The summed E-state index contributed by atoms with van der Waals surface area (Å²) in [5.74, 6) is 0.272. The van der Waals surface area contributed by atoms with Crippen molar-refractivity contribution in [3.05, 3.63) is 35.9 Å². The average Bonchev–Trinajstić information content (AvgIpc) is 2.27. The molecule has 88 valence electrons. The summed E-state index contributed by atoms with van der Waals surface area (Å²) in [6.45, 7) is 6.71. The zero-order chi connectivity index (χ0) is 11.8. The Morgan fingerprint density at radius 2 is 1.88 bits per heavy atom. The number of Topliss-reactive ketones (excluding diaryl/α,β-unsaturated/α-hetero) is 1. The van der Waals surface area contributed by atoms with Gasteiger partial charge in [-0.1, -0.05) is 37.3 Å². The second-order valence-corrected chi connectivity index (χ2v) is 4.21. The van der Waals surface area contributed by atoms with Gasteiger partial charge in [-0.05, 0) is 25.5 Å². The van der Waals surface area contributed by atoms with E-state index in [2.05, 4.69) is 36.1 Å². The van der Waals surface area contributed by atoms with Crippen molar-refractivity contribution < 1.29 is 4.79 Å². The summed E-state index contributed by atoms with van der Waals surface area (Å²) < 4.78 is 0. The van der Waals surface area contributed by atoms with Gasteiger partial charge >= 0.3 is 0 Å².